The van der Waals surface area contributed by atoms with E-state index in [0.717, 1.165) is 12.8 Å². The highest BCUT2D eigenvalue weighted by Gasteiger charge is 2.48. The molecule has 0 aromatic rings. The molecular weight excluding hydrogens is 208 g/mol. The molecule has 2 fully saturated rings. The smallest absolute Gasteiger partial charge is 0.251 e. The Morgan fingerprint density at radius 3 is 2.36 bits per heavy atom. The molecule has 1 unspecified atom stereocenters. The molecule has 0 spiro atoms. The van der Waals surface area contributed by atoms with Crippen LogP contribution >= 0.6 is 12.4 Å². The van der Waals surface area contributed by atoms with Crippen LogP contribution in [0.3, 0.4) is 0 Å². The van der Waals surface area contributed by atoms with Crippen molar-refractivity contribution in [1.29, 1.82) is 0 Å². The number of nitrogens with one attached hydrogen (secondary N) is 1. The molecule has 2 rings (SSSR count). The van der Waals surface area contributed by atoms with Crippen molar-refractivity contribution in [3.63, 3.8) is 0 Å². The van der Waals surface area contributed by atoms with E-state index in [4.69, 9.17) is 0 Å². The Morgan fingerprint density at radius 1 is 1.29 bits per heavy atom. The van der Waals surface area contributed by atoms with Crippen molar-refractivity contribution < 1.29 is 8.78 Å². The minimum atomic E-state index is -2.43. The Labute approximate surface area is 90.0 Å². The Balaban J connectivity index is 0.000000980. The summed E-state index contributed by atoms with van der Waals surface area (Å²) < 4.78 is 26.4. The van der Waals surface area contributed by atoms with Gasteiger partial charge in [0.2, 0.25) is 0 Å². The van der Waals surface area contributed by atoms with E-state index in [-0.39, 0.29) is 30.8 Å². The van der Waals surface area contributed by atoms with Gasteiger partial charge in [-0.05, 0) is 25.7 Å². The van der Waals surface area contributed by atoms with Crippen LogP contribution < -0.4 is 5.32 Å². The molecule has 84 valence electrons. The maximum absolute atomic E-state index is 13.2. The topological polar surface area (TPSA) is 12.0 Å². The van der Waals surface area contributed by atoms with Gasteiger partial charge in [-0.2, -0.15) is 0 Å². The molecule has 0 aromatic heterocycles. The maximum Gasteiger partial charge on any atom is 0.251 e. The summed E-state index contributed by atoms with van der Waals surface area (Å²) in [5.74, 6) is -1.95. The van der Waals surface area contributed by atoms with Crippen LogP contribution in [0.1, 0.15) is 39.0 Å². The molecule has 1 aliphatic carbocycles. The summed E-state index contributed by atoms with van der Waals surface area (Å²) in [7, 11) is 0. The van der Waals surface area contributed by atoms with E-state index >= 15 is 0 Å². The molecule has 1 saturated heterocycles. The number of hydrogen-bond donors (Lipinski definition) is 1. The third kappa shape index (κ3) is 2.19. The van der Waals surface area contributed by atoms with E-state index in [1.165, 1.54) is 6.42 Å². The van der Waals surface area contributed by atoms with Crippen molar-refractivity contribution in [1.82, 2.24) is 5.32 Å². The van der Waals surface area contributed by atoms with E-state index in [1.54, 1.807) is 0 Å². The highest BCUT2D eigenvalue weighted by molar-refractivity contribution is 5.85. The number of alkyl halides is 2. The first kappa shape index (κ1) is 12.2. The fourth-order valence-corrected chi connectivity index (χ4v) is 2.55. The second-order valence-corrected chi connectivity index (χ2v) is 4.75. The fraction of sp³-hybridized carbons (Fsp3) is 1.00. The first-order valence-corrected chi connectivity index (χ1v) is 5.15. The Bertz CT molecular complexity index is 206. The minimum Gasteiger partial charge on any atom is -0.311 e. The molecule has 14 heavy (non-hydrogen) atoms. The lowest BCUT2D eigenvalue weighted by Crippen LogP contribution is -2.58. The fourth-order valence-electron chi connectivity index (χ4n) is 2.55. The van der Waals surface area contributed by atoms with Crippen LogP contribution in [0.15, 0.2) is 0 Å². The highest BCUT2D eigenvalue weighted by atomic mass is 35.5. The molecule has 0 radical (unpaired) electrons. The minimum absolute atomic E-state index is 0. The average Bonchev–Trinajstić information content (AvgIpc) is 1.76. The van der Waals surface area contributed by atoms with Crippen LogP contribution in [0.2, 0.25) is 0 Å². The normalized spacial score (nSPS) is 37.1. The van der Waals surface area contributed by atoms with E-state index in [1.807, 2.05) is 6.92 Å². The Hall–Kier alpha value is 0.110. The second kappa shape index (κ2) is 3.93. The van der Waals surface area contributed by atoms with Crippen LogP contribution in [0, 0.1) is 5.92 Å². The van der Waals surface area contributed by atoms with Gasteiger partial charge in [-0.3, -0.25) is 0 Å². The van der Waals surface area contributed by atoms with Gasteiger partial charge in [0.15, 0.2) is 0 Å². The van der Waals surface area contributed by atoms with Crippen LogP contribution in [-0.2, 0) is 0 Å². The van der Waals surface area contributed by atoms with Gasteiger partial charge in [0, 0.05) is 24.9 Å². The molecule has 0 bridgehead atoms. The standard InChI is InChI=1S/C10H17F2N.ClH/c1-9(8-3-2-4-8)7-10(11,12)5-6-13-9;/h8,13H,2-7H2,1H3;1H. The molecule has 0 amide bonds. The van der Waals surface area contributed by atoms with Gasteiger partial charge in [-0.25, -0.2) is 8.78 Å². The van der Waals surface area contributed by atoms with Gasteiger partial charge < -0.3 is 5.32 Å². The van der Waals surface area contributed by atoms with Gasteiger partial charge >= 0.3 is 0 Å². The Kier molecular flexibility index (Phi) is 3.42. The van der Waals surface area contributed by atoms with Crippen molar-refractivity contribution >= 4 is 12.4 Å². The van der Waals surface area contributed by atoms with Gasteiger partial charge in [-0.15, -0.1) is 12.4 Å². The molecular formula is C10H18ClF2N. The van der Waals surface area contributed by atoms with Gasteiger partial charge in [-0.1, -0.05) is 6.42 Å². The summed E-state index contributed by atoms with van der Waals surface area (Å²) in [5, 5.41) is 3.27. The number of piperidine rings is 1. The lowest BCUT2D eigenvalue weighted by Gasteiger charge is -2.48. The van der Waals surface area contributed by atoms with Gasteiger partial charge in [0.1, 0.15) is 0 Å². The molecule has 1 nitrogen and oxygen atoms in total. The summed E-state index contributed by atoms with van der Waals surface area (Å²) in [6.07, 6.45) is 3.51. The van der Waals surface area contributed by atoms with Gasteiger partial charge in [0.05, 0.1) is 0 Å². The lowest BCUT2D eigenvalue weighted by atomic mass is 9.68. The molecule has 1 heterocycles. The lowest BCUT2D eigenvalue weighted by molar-refractivity contribution is -0.0799. The first-order valence-electron chi connectivity index (χ1n) is 5.15. The summed E-state index contributed by atoms with van der Waals surface area (Å²) in [4.78, 5) is 0. The van der Waals surface area contributed by atoms with Gasteiger partial charge in [0.25, 0.3) is 5.92 Å². The predicted molar refractivity (Wildman–Crippen MR) is 55.2 cm³/mol. The molecule has 1 atom stereocenters. The zero-order valence-corrected chi connectivity index (χ0v) is 9.30. The van der Waals surface area contributed by atoms with Crippen molar-refractivity contribution in [2.24, 2.45) is 5.92 Å². The molecule has 1 N–H and O–H groups in total. The first-order chi connectivity index (χ1) is 6.02. The zero-order chi connectivity index (χ0) is 9.53. The van der Waals surface area contributed by atoms with Crippen molar-refractivity contribution in [2.75, 3.05) is 6.54 Å². The van der Waals surface area contributed by atoms with E-state index in [2.05, 4.69) is 5.32 Å². The summed E-state index contributed by atoms with van der Waals surface area (Å²) >= 11 is 0. The predicted octanol–water partition coefficient (Wildman–Crippen LogP) is 2.99. The third-order valence-corrected chi connectivity index (χ3v) is 3.65. The monoisotopic (exact) mass is 225 g/mol. The quantitative estimate of drug-likeness (QED) is 0.724. The van der Waals surface area contributed by atoms with E-state index in [0.29, 0.717) is 12.5 Å². The largest absolute Gasteiger partial charge is 0.311 e. The molecule has 0 aromatic carbocycles. The van der Waals surface area contributed by atoms with E-state index < -0.39 is 5.92 Å². The number of halogens is 3. The van der Waals surface area contributed by atoms with Crippen molar-refractivity contribution in [2.45, 2.75) is 50.5 Å². The molecule has 1 saturated carbocycles. The summed E-state index contributed by atoms with van der Waals surface area (Å²) in [5.41, 5.74) is -0.292. The van der Waals surface area contributed by atoms with Crippen molar-refractivity contribution in [3.05, 3.63) is 0 Å². The SMILES string of the molecule is CC1(C2CCC2)CC(F)(F)CCN1.Cl. The average molecular weight is 226 g/mol. The molecule has 4 heteroatoms. The maximum atomic E-state index is 13.2. The van der Waals surface area contributed by atoms with Crippen LogP contribution in [0.5, 0.6) is 0 Å². The van der Waals surface area contributed by atoms with Crippen LogP contribution in [0.4, 0.5) is 8.78 Å². The summed E-state index contributed by atoms with van der Waals surface area (Å²) in [6.45, 7) is 2.43. The van der Waals surface area contributed by atoms with Crippen LogP contribution in [0.25, 0.3) is 0 Å². The van der Waals surface area contributed by atoms with Crippen LogP contribution in [-0.4, -0.2) is 18.0 Å². The molecule has 1 aliphatic heterocycles. The second-order valence-electron chi connectivity index (χ2n) is 4.75. The summed E-state index contributed by atoms with van der Waals surface area (Å²) in [6, 6.07) is 0. The highest BCUT2D eigenvalue weighted by Crippen LogP contribution is 2.44. The number of hydrogen-bond acceptors (Lipinski definition) is 1. The van der Waals surface area contributed by atoms with Crippen molar-refractivity contribution in [3.8, 4) is 0 Å². The molecule has 2 aliphatic rings. The Morgan fingerprint density at radius 2 is 1.93 bits per heavy atom. The zero-order valence-electron chi connectivity index (χ0n) is 8.48. The number of rotatable bonds is 1. The van der Waals surface area contributed by atoms with E-state index in [9.17, 15) is 8.78 Å². The third-order valence-electron chi connectivity index (χ3n) is 3.65.